The summed E-state index contributed by atoms with van der Waals surface area (Å²) in [7, 11) is 0. The van der Waals surface area contributed by atoms with Gasteiger partial charge in [0.05, 0.1) is 12.6 Å². The molecule has 0 aliphatic rings. The van der Waals surface area contributed by atoms with E-state index < -0.39 is 0 Å². The van der Waals surface area contributed by atoms with Gasteiger partial charge in [-0.1, -0.05) is 37.3 Å². The third-order valence-corrected chi connectivity index (χ3v) is 2.99. The Labute approximate surface area is 108 Å². The lowest BCUT2D eigenvalue weighted by Crippen LogP contribution is -2.37. The number of carbonyl (C=O) groups is 1. The van der Waals surface area contributed by atoms with E-state index in [0.717, 1.165) is 12.0 Å². The highest BCUT2D eigenvalue weighted by Crippen LogP contribution is 2.14. The third kappa shape index (κ3) is 4.85. The van der Waals surface area contributed by atoms with Crippen molar-refractivity contribution in [3.05, 3.63) is 35.9 Å². The number of carbonyl (C=O) groups excluding carboxylic acids is 1. The molecule has 0 aliphatic heterocycles. The lowest BCUT2D eigenvalue weighted by atomic mass is 10.0. The largest absolute Gasteiger partial charge is 0.394 e. The zero-order valence-corrected chi connectivity index (χ0v) is 10.8. The van der Waals surface area contributed by atoms with Gasteiger partial charge in [-0.3, -0.25) is 4.79 Å². The van der Waals surface area contributed by atoms with Crippen LogP contribution in [0.2, 0.25) is 0 Å². The van der Waals surface area contributed by atoms with Gasteiger partial charge in [-0.25, -0.2) is 0 Å². The second kappa shape index (κ2) is 7.84. The first-order valence-corrected chi connectivity index (χ1v) is 6.38. The van der Waals surface area contributed by atoms with E-state index in [1.54, 1.807) is 0 Å². The van der Waals surface area contributed by atoms with Crippen molar-refractivity contribution in [3.63, 3.8) is 0 Å². The minimum Gasteiger partial charge on any atom is -0.394 e. The second-order valence-electron chi connectivity index (χ2n) is 4.41. The maximum Gasteiger partial charge on any atom is 0.220 e. The summed E-state index contributed by atoms with van der Waals surface area (Å²) in [6, 6.07) is 9.48. The van der Waals surface area contributed by atoms with Gasteiger partial charge in [0.25, 0.3) is 0 Å². The molecule has 0 fully saturated rings. The number of aliphatic hydroxyl groups is 1. The number of nitrogens with two attached hydrogens (primary N) is 1. The van der Waals surface area contributed by atoms with E-state index in [0.29, 0.717) is 12.8 Å². The number of rotatable bonds is 7. The Morgan fingerprint density at radius 2 is 2.06 bits per heavy atom. The first-order chi connectivity index (χ1) is 8.67. The second-order valence-corrected chi connectivity index (χ2v) is 4.41. The molecule has 0 heterocycles. The van der Waals surface area contributed by atoms with E-state index in [4.69, 9.17) is 10.8 Å². The SMILES string of the molecule is CC[C@@H](CO)NC(=O)CCC(N)c1ccccc1. The molecule has 0 aromatic heterocycles. The Bertz CT molecular complexity index is 350. The Morgan fingerprint density at radius 3 is 2.61 bits per heavy atom. The fraction of sp³-hybridized carbons (Fsp3) is 0.500. The van der Waals surface area contributed by atoms with Gasteiger partial charge in [-0.15, -0.1) is 0 Å². The molecule has 18 heavy (non-hydrogen) atoms. The molecule has 0 saturated carbocycles. The molecule has 1 aromatic carbocycles. The number of benzene rings is 1. The van der Waals surface area contributed by atoms with E-state index in [1.165, 1.54) is 0 Å². The van der Waals surface area contributed by atoms with Gasteiger partial charge in [0.15, 0.2) is 0 Å². The predicted molar refractivity (Wildman–Crippen MR) is 71.9 cm³/mol. The van der Waals surface area contributed by atoms with E-state index in [1.807, 2.05) is 37.3 Å². The van der Waals surface area contributed by atoms with Crippen LogP contribution in [0.5, 0.6) is 0 Å². The molecule has 1 rings (SSSR count). The monoisotopic (exact) mass is 250 g/mol. The summed E-state index contributed by atoms with van der Waals surface area (Å²) in [6.45, 7) is 1.91. The Kier molecular flexibility index (Phi) is 6.39. The average molecular weight is 250 g/mol. The Balaban J connectivity index is 2.34. The van der Waals surface area contributed by atoms with Crippen LogP contribution in [-0.2, 0) is 4.79 Å². The van der Waals surface area contributed by atoms with Crippen LogP contribution in [0.1, 0.15) is 37.8 Å². The van der Waals surface area contributed by atoms with Gasteiger partial charge in [-0.05, 0) is 18.4 Å². The number of hydrogen-bond donors (Lipinski definition) is 3. The first kappa shape index (κ1) is 14.7. The lowest BCUT2D eigenvalue weighted by molar-refractivity contribution is -0.122. The van der Waals surface area contributed by atoms with Crippen LogP contribution in [0.4, 0.5) is 0 Å². The summed E-state index contributed by atoms with van der Waals surface area (Å²) in [5.41, 5.74) is 7.05. The molecule has 2 atom stereocenters. The number of aliphatic hydroxyl groups excluding tert-OH is 1. The fourth-order valence-electron chi connectivity index (χ4n) is 1.73. The normalized spacial score (nSPS) is 13.9. The van der Waals surface area contributed by atoms with Gasteiger partial charge in [0, 0.05) is 12.5 Å². The predicted octanol–water partition coefficient (Wildman–Crippen LogP) is 1.35. The molecule has 0 saturated heterocycles. The highest BCUT2D eigenvalue weighted by molar-refractivity contribution is 5.76. The maximum absolute atomic E-state index is 11.6. The van der Waals surface area contributed by atoms with E-state index in [-0.39, 0.29) is 24.6 Å². The van der Waals surface area contributed by atoms with Crippen LogP contribution in [0.15, 0.2) is 30.3 Å². The molecule has 4 N–H and O–H groups in total. The van der Waals surface area contributed by atoms with Gasteiger partial charge < -0.3 is 16.2 Å². The van der Waals surface area contributed by atoms with E-state index >= 15 is 0 Å². The van der Waals surface area contributed by atoms with Crippen LogP contribution in [0.25, 0.3) is 0 Å². The molecule has 1 unspecified atom stereocenters. The molecule has 1 aromatic rings. The molecule has 0 radical (unpaired) electrons. The zero-order valence-electron chi connectivity index (χ0n) is 10.8. The maximum atomic E-state index is 11.6. The van der Waals surface area contributed by atoms with Crippen molar-refractivity contribution in [3.8, 4) is 0 Å². The number of hydrogen-bond acceptors (Lipinski definition) is 3. The minimum atomic E-state index is -0.148. The van der Waals surface area contributed by atoms with Crippen molar-refractivity contribution in [2.45, 2.75) is 38.3 Å². The summed E-state index contributed by atoms with van der Waals surface area (Å²) in [5.74, 6) is -0.0534. The van der Waals surface area contributed by atoms with Crippen molar-refractivity contribution < 1.29 is 9.90 Å². The molecule has 4 nitrogen and oxygen atoms in total. The van der Waals surface area contributed by atoms with Crippen molar-refractivity contribution in [1.29, 1.82) is 0 Å². The van der Waals surface area contributed by atoms with E-state index in [9.17, 15) is 4.79 Å². The minimum absolute atomic E-state index is 0.0209. The molecular weight excluding hydrogens is 228 g/mol. The summed E-state index contributed by atoms with van der Waals surface area (Å²) >= 11 is 0. The smallest absolute Gasteiger partial charge is 0.220 e. The topological polar surface area (TPSA) is 75.3 Å². The van der Waals surface area contributed by atoms with E-state index in [2.05, 4.69) is 5.32 Å². The summed E-state index contributed by atoms with van der Waals surface area (Å²) < 4.78 is 0. The van der Waals surface area contributed by atoms with Crippen molar-refractivity contribution in [2.75, 3.05) is 6.61 Å². The molecule has 4 heteroatoms. The highest BCUT2D eigenvalue weighted by Gasteiger charge is 2.11. The standard InChI is InChI=1S/C14H22N2O2/c1-2-12(10-17)16-14(18)9-8-13(15)11-6-4-3-5-7-11/h3-7,12-13,17H,2,8-10,15H2,1H3,(H,16,18)/t12-,13?/m0/s1. The third-order valence-electron chi connectivity index (χ3n) is 2.99. The molecule has 1 amide bonds. The molecular formula is C14H22N2O2. The van der Waals surface area contributed by atoms with Crippen molar-refractivity contribution in [2.24, 2.45) is 5.73 Å². The van der Waals surface area contributed by atoms with Gasteiger partial charge in [0.1, 0.15) is 0 Å². The molecule has 0 spiro atoms. The highest BCUT2D eigenvalue weighted by atomic mass is 16.3. The number of nitrogens with one attached hydrogen (secondary N) is 1. The van der Waals surface area contributed by atoms with Crippen LogP contribution >= 0.6 is 0 Å². The summed E-state index contributed by atoms with van der Waals surface area (Å²) in [6.07, 6.45) is 1.72. The molecule has 0 aliphatic carbocycles. The Morgan fingerprint density at radius 1 is 1.39 bits per heavy atom. The zero-order chi connectivity index (χ0) is 13.4. The van der Waals surface area contributed by atoms with Crippen LogP contribution in [0.3, 0.4) is 0 Å². The van der Waals surface area contributed by atoms with Crippen molar-refractivity contribution in [1.82, 2.24) is 5.32 Å². The molecule has 100 valence electrons. The Hall–Kier alpha value is -1.39. The van der Waals surface area contributed by atoms with Gasteiger partial charge >= 0.3 is 0 Å². The van der Waals surface area contributed by atoms with Gasteiger partial charge in [0.2, 0.25) is 5.91 Å². The summed E-state index contributed by atoms with van der Waals surface area (Å²) in [4.78, 5) is 11.6. The first-order valence-electron chi connectivity index (χ1n) is 6.38. The van der Waals surface area contributed by atoms with Crippen LogP contribution < -0.4 is 11.1 Å². The van der Waals surface area contributed by atoms with Crippen molar-refractivity contribution >= 4 is 5.91 Å². The fourth-order valence-corrected chi connectivity index (χ4v) is 1.73. The quantitative estimate of drug-likeness (QED) is 0.684. The van der Waals surface area contributed by atoms with Gasteiger partial charge in [-0.2, -0.15) is 0 Å². The lowest BCUT2D eigenvalue weighted by Gasteiger charge is -2.15. The summed E-state index contributed by atoms with van der Waals surface area (Å²) in [5, 5.41) is 11.8. The molecule has 0 bridgehead atoms. The number of amides is 1. The average Bonchev–Trinajstić information content (AvgIpc) is 2.43. The van der Waals surface area contributed by atoms with Crippen LogP contribution in [0, 0.1) is 0 Å². The van der Waals surface area contributed by atoms with Crippen LogP contribution in [-0.4, -0.2) is 23.7 Å².